The average molecular weight is 231 g/mol. The van der Waals surface area contributed by atoms with Gasteiger partial charge in [0.2, 0.25) is 0 Å². The number of hydrogen-bond donors (Lipinski definition) is 1. The molecule has 0 aliphatic heterocycles. The summed E-state index contributed by atoms with van der Waals surface area (Å²) in [7, 11) is 0. The van der Waals surface area contributed by atoms with Gasteiger partial charge in [0.25, 0.3) is 0 Å². The van der Waals surface area contributed by atoms with Crippen molar-refractivity contribution in [2.75, 3.05) is 11.9 Å². The molecule has 0 bridgehead atoms. The van der Waals surface area contributed by atoms with Gasteiger partial charge in [0.1, 0.15) is 0 Å². The van der Waals surface area contributed by atoms with Crippen molar-refractivity contribution < 1.29 is 0 Å². The molecule has 1 aliphatic carbocycles. The molecule has 0 spiro atoms. The molecule has 1 aromatic carbocycles. The Labute approximate surface area is 106 Å². The van der Waals surface area contributed by atoms with Crippen molar-refractivity contribution in [3.63, 3.8) is 0 Å². The van der Waals surface area contributed by atoms with Gasteiger partial charge in [0.15, 0.2) is 0 Å². The van der Waals surface area contributed by atoms with Crippen molar-refractivity contribution in [2.24, 2.45) is 5.92 Å². The SMILES string of the molecule is CCc1cc(NCCC2CCCC2)ccc1C. The van der Waals surface area contributed by atoms with Crippen molar-refractivity contribution in [2.45, 2.75) is 52.4 Å². The predicted octanol–water partition coefficient (Wildman–Crippen LogP) is 4.55. The molecule has 0 amide bonds. The molecule has 1 saturated carbocycles. The minimum absolute atomic E-state index is 0.985. The largest absolute Gasteiger partial charge is 0.385 e. The summed E-state index contributed by atoms with van der Waals surface area (Å²) in [6, 6.07) is 6.75. The van der Waals surface area contributed by atoms with Crippen molar-refractivity contribution in [3.8, 4) is 0 Å². The zero-order chi connectivity index (χ0) is 12.1. The van der Waals surface area contributed by atoms with E-state index in [1.165, 1.54) is 48.9 Å². The summed E-state index contributed by atoms with van der Waals surface area (Å²) in [5.41, 5.74) is 4.18. The summed E-state index contributed by atoms with van der Waals surface area (Å²) in [6.07, 6.45) is 8.29. The van der Waals surface area contributed by atoms with Gasteiger partial charge < -0.3 is 5.32 Å². The van der Waals surface area contributed by atoms with Gasteiger partial charge >= 0.3 is 0 Å². The number of anilines is 1. The zero-order valence-electron chi connectivity index (χ0n) is 11.3. The van der Waals surface area contributed by atoms with Gasteiger partial charge in [-0.05, 0) is 48.9 Å². The van der Waals surface area contributed by atoms with Crippen LogP contribution in [0.3, 0.4) is 0 Å². The Morgan fingerprint density at radius 3 is 2.71 bits per heavy atom. The van der Waals surface area contributed by atoms with Crippen LogP contribution in [0.15, 0.2) is 18.2 Å². The Morgan fingerprint density at radius 1 is 1.24 bits per heavy atom. The average Bonchev–Trinajstić information content (AvgIpc) is 2.84. The third kappa shape index (κ3) is 3.49. The van der Waals surface area contributed by atoms with E-state index in [9.17, 15) is 0 Å². The fraction of sp³-hybridized carbons (Fsp3) is 0.625. The van der Waals surface area contributed by atoms with Crippen LogP contribution < -0.4 is 5.32 Å². The van der Waals surface area contributed by atoms with E-state index in [0.29, 0.717) is 0 Å². The van der Waals surface area contributed by atoms with Gasteiger partial charge in [-0.25, -0.2) is 0 Å². The predicted molar refractivity (Wildman–Crippen MR) is 75.6 cm³/mol. The van der Waals surface area contributed by atoms with E-state index in [1.807, 2.05) is 0 Å². The lowest BCUT2D eigenvalue weighted by atomic mass is 10.0. The maximum Gasteiger partial charge on any atom is 0.0343 e. The summed E-state index contributed by atoms with van der Waals surface area (Å²) in [4.78, 5) is 0. The van der Waals surface area contributed by atoms with E-state index < -0.39 is 0 Å². The van der Waals surface area contributed by atoms with Crippen molar-refractivity contribution in [1.82, 2.24) is 0 Å². The number of hydrogen-bond acceptors (Lipinski definition) is 1. The molecule has 2 rings (SSSR count). The highest BCUT2D eigenvalue weighted by Gasteiger charge is 2.13. The molecule has 17 heavy (non-hydrogen) atoms. The smallest absolute Gasteiger partial charge is 0.0343 e. The Balaban J connectivity index is 1.81. The van der Waals surface area contributed by atoms with Crippen molar-refractivity contribution >= 4 is 5.69 Å². The van der Waals surface area contributed by atoms with Gasteiger partial charge in [-0.15, -0.1) is 0 Å². The third-order valence-corrected chi connectivity index (χ3v) is 4.09. The standard InChI is InChI=1S/C16H25N/c1-3-15-12-16(9-8-13(15)2)17-11-10-14-6-4-5-7-14/h8-9,12,14,17H,3-7,10-11H2,1-2H3. The first kappa shape index (κ1) is 12.5. The molecule has 0 heterocycles. The second kappa shape index (κ2) is 6.09. The molecule has 0 unspecified atom stereocenters. The third-order valence-electron chi connectivity index (χ3n) is 4.09. The van der Waals surface area contributed by atoms with Gasteiger partial charge in [-0.2, -0.15) is 0 Å². The lowest BCUT2D eigenvalue weighted by Crippen LogP contribution is -2.07. The molecule has 1 N–H and O–H groups in total. The topological polar surface area (TPSA) is 12.0 Å². The molecule has 0 atom stereocenters. The minimum atomic E-state index is 0.985. The number of nitrogens with one attached hydrogen (secondary N) is 1. The molecular formula is C16H25N. The molecule has 1 nitrogen and oxygen atoms in total. The molecule has 0 saturated heterocycles. The van der Waals surface area contributed by atoms with Crippen LogP contribution >= 0.6 is 0 Å². The van der Waals surface area contributed by atoms with Crippen molar-refractivity contribution in [3.05, 3.63) is 29.3 Å². The van der Waals surface area contributed by atoms with Gasteiger partial charge in [-0.1, -0.05) is 38.7 Å². The van der Waals surface area contributed by atoms with Gasteiger partial charge in [0.05, 0.1) is 0 Å². The molecule has 1 aromatic rings. The number of aryl methyl sites for hydroxylation is 2. The first-order valence-corrected chi connectivity index (χ1v) is 7.13. The normalized spacial score (nSPS) is 16.4. The molecule has 1 aliphatic rings. The van der Waals surface area contributed by atoms with E-state index in [4.69, 9.17) is 0 Å². The van der Waals surface area contributed by atoms with Crippen LogP contribution in [0, 0.1) is 12.8 Å². The fourth-order valence-electron chi connectivity index (χ4n) is 2.88. The molecule has 1 heteroatoms. The Hall–Kier alpha value is -0.980. The highest BCUT2D eigenvalue weighted by molar-refractivity contribution is 5.48. The first-order valence-electron chi connectivity index (χ1n) is 7.13. The zero-order valence-corrected chi connectivity index (χ0v) is 11.3. The molecular weight excluding hydrogens is 206 g/mol. The summed E-state index contributed by atoms with van der Waals surface area (Å²) in [6.45, 7) is 5.56. The number of rotatable bonds is 5. The van der Waals surface area contributed by atoms with E-state index >= 15 is 0 Å². The molecule has 0 aromatic heterocycles. The first-order chi connectivity index (χ1) is 8.29. The summed E-state index contributed by atoms with van der Waals surface area (Å²) >= 11 is 0. The fourth-order valence-corrected chi connectivity index (χ4v) is 2.88. The maximum atomic E-state index is 3.57. The molecule has 94 valence electrons. The van der Waals surface area contributed by atoms with Crippen molar-refractivity contribution in [1.29, 1.82) is 0 Å². The van der Waals surface area contributed by atoms with Gasteiger partial charge in [0, 0.05) is 12.2 Å². The highest BCUT2D eigenvalue weighted by Crippen LogP contribution is 2.27. The summed E-state index contributed by atoms with van der Waals surface area (Å²) in [5, 5.41) is 3.57. The van der Waals surface area contributed by atoms with Crippen LogP contribution in [0.25, 0.3) is 0 Å². The monoisotopic (exact) mass is 231 g/mol. The highest BCUT2D eigenvalue weighted by atomic mass is 14.9. The summed E-state index contributed by atoms with van der Waals surface area (Å²) in [5.74, 6) is 0.985. The van der Waals surface area contributed by atoms with Crippen LogP contribution in [0.2, 0.25) is 0 Å². The van der Waals surface area contributed by atoms with Crippen LogP contribution in [-0.2, 0) is 6.42 Å². The van der Waals surface area contributed by atoms with Crippen LogP contribution in [0.1, 0.15) is 50.2 Å². The quantitative estimate of drug-likeness (QED) is 0.784. The second-order valence-electron chi connectivity index (χ2n) is 5.36. The minimum Gasteiger partial charge on any atom is -0.385 e. The lowest BCUT2D eigenvalue weighted by Gasteiger charge is -2.12. The van der Waals surface area contributed by atoms with Crippen LogP contribution in [0.4, 0.5) is 5.69 Å². The summed E-state index contributed by atoms with van der Waals surface area (Å²) < 4.78 is 0. The number of benzene rings is 1. The van der Waals surface area contributed by atoms with Crippen LogP contribution in [-0.4, -0.2) is 6.54 Å². The van der Waals surface area contributed by atoms with Crippen LogP contribution in [0.5, 0.6) is 0 Å². The van der Waals surface area contributed by atoms with E-state index in [1.54, 1.807) is 0 Å². The van der Waals surface area contributed by atoms with E-state index in [2.05, 4.69) is 37.4 Å². The van der Waals surface area contributed by atoms with E-state index in [-0.39, 0.29) is 0 Å². The Morgan fingerprint density at radius 2 is 2.00 bits per heavy atom. The maximum absolute atomic E-state index is 3.57. The Bertz CT molecular complexity index is 351. The Kier molecular flexibility index (Phi) is 4.47. The second-order valence-corrected chi connectivity index (χ2v) is 5.36. The molecule has 0 radical (unpaired) electrons. The molecule has 1 fully saturated rings. The van der Waals surface area contributed by atoms with E-state index in [0.717, 1.165) is 18.9 Å². The lowest BCUT2D eigenvalue weighted by molar-refractivity contribution is 0.518. The van der Waals surface area contributed by atoms with Gasteiger partial charge in [-0.3, -0.25) is 0 Å².